The molecule has 2 aromatic rings. The number of hydrogen-bond donors (Lipinski definition) is 1. The lowest BCUT2D eigenvalue weighted by Crippen LogP contribution is -1.98. The molecule has 1 N–H and O–H groups in total. The van der Waals surface area contributed by atoms with Gasteiger partial charge in [0.2, 0.25) is 0 Å². The van der Waals surface area contributed by atoms with Gasteiger partial charge in [0.1, 0.15) is 0 Å². The van der Waals surface area contributed by atoms with Crippen molar-refractivity contribution in [1.29, 1.82) is 0 Å². The highest BCUT2D eigenvalue weighted by atomic mass is 35.5. The number of hydrogen-bond acceptors (Lipinski definition) is 1. The quantitative estimate of drug-likeness (QED) is 0.749. The Morgan fingerprint density at radius 2 is 1.79 bits per heavy atom. The van der Waals surface area contributed by atoms with Gasteiger partial charge in [0.15, 0.2) is 0 Å². The molecule has 0 unspecified atom stereocenters. The minimum atomic E-state index is -0.581. The van der Waals surface area contributed by atoms with E-state index in [2.05, 4.69) is 0 Å². The van der Waals surface area contributed by atoms with Gasteiger partial charge in [-0.25, -0.2) is 0 Å². The maximum atomic E-state index is 9.70. The van der Waals surface area contributed by atoms with Gasteiger partial charge in [-0.15, -0.1) is 11.6 Å². The number of halogens is 1. The summed E-state index contributed by atoms with van der Waals surface area (Å²) in [6.07, 6.45) is -0.581. The number of rotatable bonds is 2. The third-order valence-electron chi connectivity index (χ3n) is 2.33. The molecule has 2 heteroatoms. The summed E-state index contributed by atoms with van der Waals surface area (Å²) in [6, 6.07) is 13.9. The topological polar surface area (TPSA) is 20.2 Å². The molecule has 2 rings (SSSR count). The Labute approximate surface area is 87.9 Å². The molecular weight excluding hydrogens is 196 g/mol. The lowest BCUT2D eigenvalue weighted by molar-refractivity contribution is 0.204. The molecule has 0 aliphatic heterocycles. The van der Waals surface area contributed by atoms with Crippen LogP contribution in [-0.2, 0) is 0 Å². The van der Waals surface area contributed by atoms with E-state index >= 15 is 0 Å². The predicted octanol–water partition coefficient (Wildman–Crippen LogP) is 3.11. The van der Waals surface area contributed by atoms with Crippen LogP contribution in [0.2, 0.25) is 0 Å². The van der Waals surface area contributed by atoms with Crippen molar-refractivity contribution in [2.24, 2.45) is 0 Å². The van der Waals surface area contributed by atoms with E-state index in [1.807, 2.05) is 42.5 Å². The zero-order valence-electron chi connectivity index (χ0n) is 7.65. The molecular formula is C12H11ClO. The first-order chi connectivity index (χ1) is 6.83. The minimum Gasteiger partial charge on any atom is -0.387 e. The molecule has 0 amide bonds. The summed E-state index contributed by atoms with van der Waals surface area (Å²) in [5.74, 6) is 0.230. The number of aliphatic hydroxyl groups excluding tert-OH is 1. The fourth-order valence-electron chi connectivity index (χ4n) is 1.62. The van der Waals surface area contributed by atoms with E-state index in [-0.39, 0.29) is 5.88 Å². The first kappa shape index (κ1) is 9.50. The third kappa shape index (κ3) is 1.61. The SMILES string of the molecule is O[C@H](CCl)c1cccc2ccccc12. The van der Waals surface area contributed by atoms with E-state index in [1.165, 1.54) is 0 Å². The minimum absolute atomic E-state index is 0.230. The molecule has 1 nitrogen and oxygen atoms in total. The molecule has 0 fully saturated rings. The molecule has 0 aliphatic rings. The summed E-state index contributed by atoms with van der Waals surface area (Å²) in [7, 11) is 0. The first-order valence-corrected chi connectivity index (χ1v) is 5.08. The number of alkyl halides is 1. The van der Waals surface area contributed by atoms with Gasteiger partial charge in [-0.1, -0.05) is 42.5 Å². The molecule has 0 heterocycles. The normalized spacial score (nSPS) is 13.0. The van der Waals surface area contributed by atoms with E-state index in [1.54, 1.807) is 0 Å². The summed E-state index contributed by atoms with van der Waals surface area (Å²) in [5, 5.41) is 11.9. The van der Waals surface area contributed by atoms with Crippen LogP contribution in [0.15, 0.2) is 42.5 Å². The van der Waals surface area contributed by atoms with E-state index in [9.17, 15) is 5.11 Å². The van der Waals surface area contributed by atoms with Crippen LogP contribution in [0.1, 0.15) is 11.7 Å². The molecule has 0 saturated carbocycles. The van der Waals surface area contributed by atoms with Crippen molar-refractivity contribution < 1.29 is 5.11 Å². The molecule has 72 valence electrons. The summed E-state index contributed by atoms with van der Waals surface area (Å²) in [4.78, 5) is 0. The van der Waals surface area contributed by atoms with E-state index < -0.39 is 6.10 Å². The van der Waals surface area contributed by atoms with Gasteiger partial charge in [-0.2, -0.15) is 0 Å². The number of aliphatic hydroxyl groups is 1. The average molecular weight is 207 g/mol. The Hall–Kier alpha value is -1.05. The van der Waals surface area contributed by atoms with Crippen LogP contribution < -0.4 is 0 Å². The molecule has 0 aliphatic carbocycles. The maximum absolute atomic E-state index is 9.70. The smallest absolute Gasteiger partial charge is 0.0931 e. The van der Waals surface area contributed by atoms with Gasteiger partial charge in [-0.3, -0.25) is 0 Å². The highest BCUT2D eigenvalue weighted by Gasteiger charge is 2.08. The monoisotopic (exact) mass is 206 g/mol. The Bertz CT molecular complexity index is 434. The summed E-state index contributed by atoms with van der Waals surface area (Å²) >= 11 is 5.64. The van der Waals surface area contributed by atoms with Crippen LogP contribution in [0.5, 0.6) is 0 Å². The van der Waals surface area contributed by atoms with Gasteiger partial charge in [0.05, 0.1) is 12.0 Å². The molecule has 1 atom stereocenters. The van der Waals surface area contributed by atoms with E-state index in [0.717, 1.165) is 16.3 Å². The van der Waals surface area contributed by atoms with Crippen molar-refractivity contribution in [2.45, 2.75) is 6.10 Å². The Balaban J connectivity index is 2.65. The highest BCUT2D eigenvalue weighted by Crippen LogP contribution is 2.24. The van der Waals surface area contributed by atoms with Crippen LogP contribution in [0.25, 0.3) is 10.8 Å². The molecule has 14 heavy (non-hydrogen) atoms. The van der Waals surface area contributed by atoms with Crippen molar-refractivity contribution in [2.75, 3.05) is 5.88 Å². The van der Waals surface area contributed by atoms with Crippen LogP contribution in [0, 0.1) is 0 Å². The second kappa shape index (κ2) is 3.99. The number of fused-ring (bicyclic) bond motifs is 1. The molecule has 0 aromatic heterocycles. The van der Waals surface area contributed by atoms with Crippen molar-refractivity contribution >= 4 is 22.4 Å². The van der Waals surface area contributed by atoms with Gasteiger partial charge >= 0.3 is 0 Å². The highest BCUT2D eigenvalue weighted by molar-refractivity contribution is 6.18. The van der Waals surface area contributed by atoms with Crippen LogP contribution in [0.4, 0.5) is 0 Å². The first-order valence-electron chi connectivity index (χ1n) is 4.54. The van der Waals surface area contributed by atoms with Crippen molar-refractivity contribution in [3.05, 3.63) is 48.0 Å². The molecule has 0 radical (unpaired) electrons. The van der Waals surface area contributed by atoms with Crippen LogP contribution >= 0.6 is 11.6 Å². The van der Waals surface area contributed by atoms with E-state index in [4.69, 9.17) is 11.6 Å². The Morgan fingerprint density at radius 1 is 1.07 bits per heavy atom. The summed E-state index contributed by atoms with van der Waals surface area (Å²) < 4.78 is 0. The largest absolute Gasteiger partial charge is 0.387 e. The fourth-order valence-corrected chi connectivity index (χ4v) is 1.79. The average Bonchev–Trinajstić information content (AvgIpc) is 2.27. The van der Waals surface area contributed by atoms with Gasteiger partial charge < -0.3 is 5.11 Å². The second-order valence-corrected chi connectivity index (χ2v) is 3.55. The van der Waals surface area contributed by atoms with E-state index in [0.29, 0.717) is 0 Å². The lowest BCUT2D eigenvalue weighted by atomic mass is 10.0. The maximum Gasteiger partial charge on any atom is 0.0931 e. The van der Waals surface area contributed by atoms with Gasteiger partial charge in [-0.05, 0) is 16.3 Å². The zero-order valence-corrected chi connectivity index (χ0v) is 8.41. The van der Waals surface area contributed by atoms with Crippen molar-refractivity contribution in [3.63, 3.8) is 0 Å². The van der Waals surface area contributed by atoms with Gasteiger partial charge in [0, 0.05) is 0 Å². The lowest BCUT2D eigenvalue weighted by Gasteiger charge is -2.10. The Kier molecular flexibility index (Phi) is 2.71. The molecule has 0 bridgehead atoms. The van der Waals surface area contributed by atoms with Crippen LogP contribution in [0.3, 0.4) is 0 Å². The zero-order chi connectivity index (χ0) is 9.97. The Morgan fingerprint density at radius 3 is 2.57 bits per heavy atom. The summed E-state index contributed by atoms with van der Waals surface area (Å²) in [6.45, 7) is 0. The van der Waals surface area contributed by atoms with Crippen molar-refractivity contribution in [1.82, 2.24) is 0 Å². The molecule has 0 spiro atoms. The standard InChI is InChI=1S/C12H11ClO/c13-8-12(14)11-7-3-5-9-4-1-2-6-10(9)11/h1-7,12,14H,8H2/t12-/m1/s1. The predicted molar refractivity (Wildman–Crippen MR) is 59.6 cm³/mol. The number of benzene rings is 2. The molecule has 2 aromatic carbocycles. The van der Waals surface area contributed by atoms with Crippen LogP contribution in [-0.4, -0.2) is 11.0 Å². The molecule has 0 saturated heterocycles. The third-order valence-corrected chi connectivity index (χ3v) is 2.62. The van der Waals surface area contributed by atoms with Gasteiger partial charge in [0.25, 0.3) is 0 Å². The summed E-state index contributed by atoms with van der Waals surface area (Å²) in [5.41, 5.74) is 0.901. The van der Waals surface area contributed by atoms with Crippen molar-refractivity contribution in [3.8, 4) is 0 Å². The fraction of sp³-hybridized carbons (Fsp3) is 0.167. The second-order valence-electron chi connectivity index (χ2n) is 3.24.